The molecule has 146 valence electrons. The van der Waals surface area contributed by atoms with Gasteiger partial charge in [0.15, 0.2) is 0 Å². The van der Waals surface area contributed by atoms with Crippen LogP contribution in [0.4, 0.5) is 0 Å². The van der Waals surface area contributed by atoms with Crippen molar-refractivity contribution < 1.29 is 15.3 Å². The van der Waals surface area contributed by atoms with Crippen LogP contribution in [0.5, 0.6) is 0 Å². The Labute approximate surface area is 166 Å². The average Bonchev–Trinajstić information content (AvgIpc) is 2.75. The fraction of sp³-hybridized carbons (Fsp3) is 0.250. The van der Waals surface area contributed by atoms with Gasteiger partial charge in [-0.1, -0.05) is 72.8 Å². The van der Waals surface area contributed by atoms with Crippen LogP contribution in [0.2, 0.25) is 0 Å². The first-order chi connectivity index (χ1) is 13.7. The second-order valence-electron chi connectivity index (χ2n) is 7.07. The third-order valence-corrected chi connectivity index (χ3v) is 4.84. The van der Waals surface area contributed by atoms with Crippen LogP contribution in [0.25, 0.3) is 0 Å². The Hall–Kier alpha value is -2.50. The van der Waals surface area contributed by atoms with E-state index in [-0.39, 0.29) is 19.8 Å². The Morgan fingerprint density at radius 1 is 0.393 bits per heavy atom. The Morgan fingerprint density at radius 2 is 0.607 bits per heavy atom. The second kappa shape index (κ2) is 10.2. The third kappa shape index (κ3) is 5.75. The molecule has 28 heavy (non-hydrogen) atoms. The number of hydrogen-bond donors (Lipinski definition) is 3. The van der Waals surface area contributed by atoms with Crippen molar-refractivity contribution in [1.82, 2.24) is 4.90 Å². The quantitative estimate of drug-likeness (QED) is 0.535. The number of hydrogen-bond acceptors (Lipinski definition) is 4. The van der Waals surface area contributed by atoms with E-state index >= 15 is 0 Å². The molecule has 0 aromatic heterocycles. The van der Waals surface area contributed by atoms with Gasteiger partial charge in [-0.2, -0.15) is 0 Å². The molecule has 0 spiro atoms. The molecule has 0 unspecified atom stereocenters. The Morgan fingerprint density at radius 3 is 0.821 bits per heavy atom. The van der Waals surface area contributed by atoms with Gasteiger partial charge in [0.25, 0.3) is 0 Å². The van der Waals surface area contributed by atoms with Crippen LogP contribution in [-0.4, -0.2) is 20.2 Å². The van der Waals surface area contributed by atoms with Crippen LogP contribution in [0, 0.1) is 0 Å². The van der Waals surface area contributed by atoms with E-state index < -0.39 is 0 Å². The summed E-state index contributed by atoms with van der Waals surface area (Å²) >= 11 is 0. The maximum absolute atomic E-state index is 9.24. The van der Waals surface area contributed by atoms with E-state index in [2.05, 4.69) is 41.3 Å². The largest absolute Gasteiger partial charge is 0.392 e. The summed E-state index contributed by atoms with van der Waals surface area (Å²) in [5.74, 6) is 0. The van der Waals surface area contributed by atoms with Crippen LogP contribution >= 0.6 is 0 Å². The van der Waals surface area contributed by atoms with Crippen LogP contribution in [0.3, 0.4) is 0 Å². The predicted octanol–water partition coefficient (Wildman–Crippen LogP) is 3.37. The highest BCUT2D eigenvalue weighted by Gasteiger charge is 2.09. The van der Waals surface area contributed by atoms with E-state index in [9.17, 15) is 15.3 Å². The third-order valence-electron chi connectivity index (χ3n) is 4.84. The molecule has 0 saturated carbocycles. The lowest BCUT2D eigenvalue weighted by Gasteiger charge is -2.23. The SMILES string of the molecule is OCc1ccc(CN(Cc2ccc(CO)cc2)Cc2ccc(CO)cc2)cc1. The molecular formula is C24H27NO3. The van der Waals surface area contributed by atoms with Crippen LogP contribution in [0.1, 0.15) is 33.4 Å². The summed E-state index contributed by atoms with van der Waals surface area (Å²) in [6, 6.07) is 24.1. The summed E-state index contributed by atoms with van der Waals surface area (Å²) in [7, 11) is 0. The van der Waals surface area contributed by atoms with Gasteiger partial charge in [0, 0.05) is 19.6 Å². The number of rotatable bonds is 9. The summed E-state index contributed by atoms with van der Waals surface area (Å²) in [6.07, 6.45) is 0. The van der Waals surface area contributed by atoms with Crippen LogP contribution in [0.15, 0.2) is 72.8 Å². The zero-order chi connectivity index (χ0) is 19.8. The summed E-state index contributed by atoms with van der Waals surface area (Å²) < 4.78 is 0. The van der Waals surface area contributed by atoms with Crippen LogP contribution in [-0.2, 0) is 39.5 Å². The van der Waals surface area contributed by atoms with Crippen molar-refractivity contribution in [3.8, 4) is 0 Å². The fourth-order valence-corrected chi connectivity index (χ4v) is 3.19. The van der Waals surface area contributed by atoms with E-state index in [4.69, 9.17) is 0 Å². The van der Waals surface area contributed by atoms with Crippen molar-refractivity contribution in [2.75, 3.05) is 0 Å². The fourth-order valence-electron chi connectivity index (χ4n) is 3.19. The van der Waals surface area contributed by atoms with Gasteiger partial charge in [0.1, 0.15) is 0 Å². The topological polar surface area (TPSA) is 63.9 Å². The first kappa shape index (κ1) is 20.2. The minimum Gasteiger partial charge on any atom is -0.392 e. The summed E-state index contributed by atoms with van der Waals surface area (Å²) in [5.41, 5.74) is 6.31. The first-order valence-corrected chi connectivity index (χ1v) is 9.48. The molecule has 4 nitrogen and oxygen atoms in total. The van der Waals surface area contributed by atoms with Gasteiger partial charge >= 0.3 is 0 Å². The first-order valence-electron chi connectivity index (χ1n) is 9.48. The van der Waals surface area contributed by atoms with Crippen LogP contribution < -0.4 is 0 Å². The summed E-state index contributed by atoms with van der Waals surface area (Å²) in [6.45, 7) is 2.52. The van der Waals surface area contributed by atoms with Gasteiger partial charge in [-0.3, -0.25) is 4.90 Å². The average molecular weight is 377 g/mol. The molecule has 0 aliphatic heterocycles. The van der Waals surface area contributed by atoms with E-state index in [1.54, 1.807) is 0 Å². The molecule has 0 saturated heterocycles. The van der Waals surface area contributed by atoms with Crippen molar-refractivity contribution in [2.24, 2.45) is 0 Å². The lowest BCUT2D eigenvalue weighted by molar-refractivity contribution is 0.247. The Bertz CT molecular complexity index is 725. The van der Waals surface area contributed by atoms with Crippen molar-refractivity contribution in [1.29, 1.82) is 0 Å². The smallest absolute Gasteiger partial charge is 0.0681 e. The Kier molecular flexibility index (Phi) is 7.34. The zero-order valence-corrected chi connectivity index (χ0v) is 16.0. The number of aliphatic hydroxyl groups is 3. The highest BCUT2D eigenvalue weighted by Crippen LogP contribution is 2.16. The van der Waals surface area contributed by atoms with Gasteiger partial charge in [-0.15, -0.1) is 0 Å². The maximum Gasteiger partial charge on any atom is 0.0681 e. The second-order valence-corrected chi connectivity index (χ2v) is 7.07. The minimum atomic E-state index is 0.0540. The molecular weight excluding hydrogens is 350 g/mol. The van der Waals surface area contributed by atoms with E-state index in [0.29, 0.717) is 0 Å². The maximum atomic E-state index is 9.24. The number of nitrogens with zero attached hydrogens (tertiary/aromatic N) is 1. The lowest BCUT2D eigenvalue weighted by Crippen LogP contribution is -2.22. The van der Waals surface area contributed by atoms with Gasteiger partial charge in [0.2, 0.25) is 0 Å². The molecule has 0 atom stereocenters. The minimum absolute atomic E-state index is 0.0540. The molecule has 0 aliphatic rings. The standard InChI is InChI=1S/C24H27NO3/c26-16-22-7-1-19(2-8-22)13-25(14-20-3-9-23(17-27)10-4-20)15-21-5-11-24(18-28)12-6-21/h1-12,26-28H,13-18H2. The van der Waals surface area contributed by atoms with E-state index in [1.165, 1.54) is 16.7 Å². The van der Waals surface area contributed by atoms with Gasteiger partial charge in [-0.25, -0.2) is 0 Å². The molecule has 3 aromatic carbocycles. The predicted molar refractivity (Wildman–Crippen MR) is 110 cm³/mol. The van der Waals surface area contributed by atoms with Gasteiger partial charge < -0.3 is 15.3 Å². The van der Waals surface area contributed by atoms with Gasteiger partial charge in [0.05, 0.1) is 19.8 Å². The molecule has 3 rings (SSSR count). The van der Waals surface area contributed by atoms with Crippen molar-refractivity contribution in [3.63, 3.8) is 0 Å². The van der Waals surface area contributed by atoms with E-state index in [0.717, 1.165) is 36.3 Å². The van der Waals surface area contributed by atoms with Crippen molar-refractivity contribution in [3.05, 3.63) is 106 Å². The molecule has 0 bridgehead atoms. The molecule has 0 radical (unpaired) electrons. The zero-order valence-electron chi connectivity index (χ0n) is 16.0. The number of benzene rings is 3. The molecule has 0 aliphatic carbocycles. The molecule has 0 heterocycles. The highest BCUT2D eigenvalue weighted by molar-refractivity contribution is 5.25. The van der Waals surface area contributed by atoms with E-state index in [1.807, 2.05) is 36.4 Å². The molecule has 3 N–H and O–H groups in total. The van der Waals surface area contributed by atoms with Crippen molar-refractivity contribution in [2.45, 2.75) is 39.5 Å². The molecule has 0 fully saturated rings. The Balaban J connectivity index is 1.76. The lowest BCUT2D eigenvalue weighted by atomic mass is 10.1. The molecule has 3 aromatic rings. The van der Waals surface area contributed by atoms with Gasteiger partial charge in [-0.05, 0) is 33.4 Å². The summed E-state index contributed by atoms with van der Waals surface area (Å²) in [4.78, 5) is 2.36. The normalized spacial score (nSPS) is 11.1. The number of aliphatic hydroxyl groups excluding tert-OH is 3. The van der Waals surface area contributed by atoms with Crippen molar-refractivity contribution >= 4 is 0 Å². The molecule has 0 amide bonds. The monoisotopic (exact) mass is 377 g/mol. The summed E-state index contributed by atoms with van der Waals surface area (Å²) in [5, 5.41) is 27.7. The highest BCUT2D eigenvalue weighted by atomic mass is 16.3. The molecule has 4 heteroatoms.